The van der Waals surface area contributed by atoms with E-state index >= 15 is 0 Å². The number of nitrogens with zero attached hydrogens (tertiary/aromatic N) is 3. The minimum atomic E-state index is 0.134. The molecule has 0 aromatic carbocycles. The minimum absolute atomic E-state index is 0.134. The standard InChI is InChI=1S/C24H36N4O2/c25-22-16-18(6-11-26-22)17-27-12-7-21(8-13-27)24(30)28-14-9-20(10-15-28)23(29)19-4-2-1-3-5-19/h6,11,16,19-21H,1-5,7-10,12-15,17H2,(H2,25,26). The number of piperidine rings is 2. The highest BCUT2D eigenvalue weighted by atomic mass is 16.2. The molecule has 4 rings (SSSR count). The largest absolute Gasteiger partial charge is 0.384 e. The zero-order chi connectivity index (χ0) is 20.9. The summed E-state index contributed by atoms with van der Waals surface area (Å²) < 4.78 is 0. The Labute approximate surface area is 180 Å². The number of pyridine rings is 1. The van der Waals surface area contributed by atoms with Gasteiger partial charge in [-0.25, -0.2) is 4.98 Å². The van der Waals surface area contributed by atoms with Gasteiger partial charge >= 0.3 is 0 Å². The number of rotatable bonds is 5. The van der Waals surface area contributed by atoms with Crippen molar-refractivity contribution in [1.82, 2.24) is 14.8 Å². The second kappa shape index (κ2) is 9.90. The Hall–Kier alpha value is -1.95. The number of hydrogen-bond donors (Lipinski definition) is 1. The zero-order valence-electron chi connectivity index (χ0n) is 18.1. The monoisotopic (exact) mass is 412 g/mol. The fraction of sp³-hybridized carbons (Fsp3) is 0.708. The van der Waals surface area contributed by atoms with Crippen molar-refractivity contribution >= 4 is 17.5 Å². The van der Waals surface area contributed by atoms with Crippen LogP contribution in [-0.2, 0) is 16.1 Å². The van der Waals surface area contributed by atoms with Crippen LogP contribution in [0, 0.1) is 17.8 Å². The minimum Gasteiger partial charge on any atom is -0.384 e. The zero-order valence-corrected chi connectivity index (χ0v) is 18.1. The summed E-state index contributed by atoms with van der Waals surface area (Å²) in [4.78, 5) is 34.3. The third kappa shape index (κ3) is 5.20. The number of aromatic nitrogens is 1. The number of nitrogen functional groups attached to an aromatic ring is 1. The molecule has 164 valence electrons. The number of likely N-dealkylation sites (tertiary alicyclic amines) is 2. The Morgan fingerprint density at radius 3 is 2.20 bits per heavy atom. The molecule has 3 heterocycles. The van der Waals surface area contributed by atoms with Crippen molar-refractivity contribution in [1.29, 1.82) is 0 Å². The van der Waals surface area contributed by atoms with Crippen LogP contribution in [0.4, 0.5) is 5.82 Å². The molecular formula is C24H36N4O2. The first-order chi connectivity index (χ1) is 14.6. The van der Waals surface area contributed by atoms with Gasteiger partial charge in [0.15, 0.2) is 0 Å². The van der Waals surface area contributed by atoms with Crippen LogP contribution in [0.15, 0.2) is 18.3 Å². The van der Waals surface area contributed by atoms with Gasteiger partial charge in [0.2, 0.25) is 5.91 Å². The third-order valence-electron chi connectivity index (χ3n) is 7.41. The number of amides is 1. The van der Waals surface area contributed by atoms with Crippen molar-refractivity contribution in [2.45, 2.75) is 64.3 Å². The summed E-state index contributed by atoms with van der Waals surface area (Å²) in [5.74, 6) is 1.98. The maximum Gasteiger partial charge on any atom is 0.225 e. The van der Waals surface area contributed by atoms with E-state index in [1.165, 1.54) is 24.8 Å². The van der Waals surface area contributed by atoms with E-state index in [2.05, 4.69) is 9.88 Å². The van der Waals surface area contributed by atoms with Crippen LogP contribution in [0.1, 0.15) is 63.4 Å². The van der Waals surface area contributed by atoms with Crippen molar-refractivity contribution in [3.05, 3.63) is 23.9 Å². The van der Waals surface area contributed by atoms with E-state index in [9.17, 15) is 9.59 Å². The van der Waals surface area contributed by atoms with Crippen LogP contribution in [-0.4, -0.2) is 52.7 Å². The Morgan fingerprint density at radius 2 is 1.53 bits per heavy atom. The van der Waals surface area contributed by atoms with Gasteiger partial charge in [-0.1, -0.05) is 19.3 Å². The quantitative estimate of drug-likeness (QED) is 0.803. The van der Waals surface area contributed by atoms with E-state index in [0.717, 1.165) is 71.2 Å². The summed E-state index contributed by atoms with van der Waals surface area (Å²) in [5, 5.41) is 0. The molecule has 1 saturated carbocycles. The Morgan fingerprint density at radius 1 is 0.900 bits per heavy atom. The molecule has 1 amide bonds. The van der Waals surface area contributed by atoms with Crippen LogP contribution < -0.4 is 5.73 Å². The molecule has 1 aromatic rings. The summed E-state index contributed by atoms with van der Waals surface area (Å²) in [6, 6.07) is 3.93. The SMILES string of the molecule is Nc1cc(CN2CCC(C(=O)N3CCC(C(=O)C4CCCCC4)CC3)CC2)ccn1. The highest BCUT2D eigenvalue weighted by molar-refractivity contribution is 5.84. The number of Topliss-reactive ketones (excluding diaryl/α,β-unsaturated/α-hetero) is 1. The van der Waals surface area contributed by atoms with E-state index in [1.807, 2.05) is 17.0 Å². The van der Waals surface area contributed by atoms with Gasteiger partial charge in [0, 0.05) is 43.6 Å². The first-order valence-corrected chi connectivity index (χ1v) is 11.9. The van der Waals surface area contributed by atoms with Gasteiger partial charge in [0.05, 0.1) is 0 Å². The molecule has 2 aliphatic heterocycles. The lowest BCUT2D eigenvalue weighted by molar-refractivity contribution is -0.141. The van der Waals surface area contributed by atoms with E-state index in [1.54, 1.807) is 6.20 Å². The fourth-order valence-corrected chi connectivity index (χ4v) is 5.55. The van der Waals surface area contributed by atoms with Crippen molar-refractivity contribution < 1.29 is 9.59 Å². The number of hydrogen-bond acceptors (Lipinski definition) is 5. The maximum absolute atomic E-state index is 13.0. The van der Waals surface area contributed by atoms with Gasteiger partial charge in [-0.3, -0.25) is 14.5 Å². The lowest BCUT2D eigenvalue weighted by Crippen LogP contribution is -2.46. The Balaban J connectivity index is 1.21. The molecule has 30 heavy (non-hydrogen) atoms. The van der Waals surface area contributed by atoms with Crippen molar-refractivity contribution in [3.8, 4) is 0 Å². The third-order valence-corrected chi connectivity index (χ3v) is 7.41. The van der Waals surface area contributed by atoms with Crippen LogP contribution in [0.25, 0.3) is 0 Å². The molecule has 3 fully saturated rings. The molecule has 1 aliphatic carbocycles. The highest BCUT2D eigenvalue weighted by Gasteiger charge is 2.34. The number of ketones is 1. The van der Waals surface area contributed by atoms with Crippen LogP contribution >= 0.6 is 0 Å². The summed E-state index contributed by atoms with van der Waals surface area (Å²) in [5.41, 5.74) is 6.96. The molecule has 0 atom stereocenters. The number of anilines is 1. The van der Waals surface area contributed by atoms with Gasteiger partial charge in [-0.05, 0) is 69.3 Å². The summed E-state index contributed by atoms with van der Waals surface area (Å²) in [7, 11) is 0. The second-order valence-electron chi connectivity index (χ2n) is 9.48. The number of carbonyl (C=O) groups is 2. The lowest BCUT2D eigenvalue weighted by atomic mass is 9.78. The number of nitrogens with two attached hydrogens (primary N) is 1. The average molecular weight is 413 g/mol. The predicted octanol–water partition coefficient (Wildman–Crippen LogP) is 3.26. The van der Waals surface area contributed by atoms with Crippen molar-refractivity contribution in [2.75, 3.05) is 31.9 Å². The highest BCUT2D eigenvalue weighted by Crippen LogP contribution is 2.31. The first kappa shape index (κ1) is 21.3. The van der Waals surface area contributed by atoms with Crippen LogP contribution in [0.3, 0.4) is 0 Å². The van der Waals surface area contributed by atoms with E-state index in [4.69, 9.17) is 5.73 Å². The summed E-state index contributed by atoms with van der Waals surface area (Å²) >= 11 is 0. The van der Waals surface area contributed by atoms with Gasteiger partial charge in [-0.15, -0.1) is 0 Å². The molecule has 2 saturated heterocycles. The van der Waals surface area contributed by atoms with E-state index in [-0.39, 0.29) is 11.8 Å². The predicted molar refractivity (Wildman–Crippen MR) is 118 cm³/mol. The van der Waals surface area contributed by atoms with Crippen molar-refractivity contribution in [2.24, 2.45) is 17.8 Å². The van der Waals surface area contributed by atoms with Gasteiger partial charge in [0.25, 0.3) is 0 Å². The van der Waals surface area contributed by atoms with Gasteiger partial charge in [-0.2, -0.15) is 0 Å². The average Bonchev–Trinajstić information content (AvgIpc) is 2.79. The molecule has 6 heteroatoms. The van der Waals surface area contributed by atoms with Crippen LogP contribution in [0.2, 0.25) is 0 Å². The Kier molecular flexibility index (Phi) is 7.03. The van der Waals surface area contributed by atoms with E-state index < -0.39 is 0 Å². The van der Waals surface area contributed by atoms with Crippen LogP contribution in [0.5, 0.6) is 0 Å². The molecule has 6 nitrogen and oxygen atoms in total. The molecule has 0 radical (unpaired) electrons. The molecule has 0 unspecified atom stereocenters. The molecule has 2 N–H and O–H groups in total. The Bertz CT molecular complexity index is 730. The first-order valence-electron chi connectivity index (χ1n) is 11.9. The smallest absolute Gasteiger partial charge is 0.225 e. The summed E-state index contributed by atoms with van der Waals surface area (Å²) in [6.07, 6.45) is 11.2. The molecule has 1 aromatic heterocycles. The normalized spacial score (nSPS) is 22.9. The summed E-state index contributed by atoms with van der Waals surface area (Å²) in [6.45, 7) is 4.27. The van der Waals surface area contributed by atoms with E-state index in [0.29, 0.717) is 23.4 Å². The van der Waals surface area contributed by atoms with Crippen molar-refractivity contribution in [3.63, 3.8) is 0 Å². The van der Waals surface area contributed by atoms with Gasteiger partial charge < -0.3 is 10.6 Å². The van der Waals surface area contributed by atoms with Gasteiger partial charge in [0.1, 0.15) is 11.6 Å². The molecule has 0 bridgehead atoms. The molecule has 3 aliphatic rings. The topological polar surface area (TPSA) is 79.5 Å². The number of carbonyl (C=O) groups excluding carboxylic acids is 2. The fourth-order valence-electron chi connectivity index (χ4n) is 5.55. The molecule has 0 spiro atoms. The maximum atomic E-state index is 13.0. The second-order valence-corrected chi connectivity index (χ2v) is 9.48. The lowest BCUT2D eigenvalue weighted by Gasteiger charge is -2.37. The molecular weight excluding hydrogens is 376 g/mol.